The van der Waals surface area contributed by atoms with Crippen LogP contribution >= 0.6 is 0 Å². The third-order valence-electron chi connectivity index (χ3n) is 4.07. The number of ether oxygens (including phenoxy) is 2. The van der Waals surface area contributed by atoms with Gasteiger partial charge in [0.15, 0.2) is 0 Å². The fourth-order valence-electron chi connectivity index (χ4n) is 2.87. The second-order valence-electron chi connectivity index (χ2n) is 5.71. The molecule has 25 heavy (non-hydrogen) atoms. The summed E-state index contributed by atoms with van der Waals surface area (Å²) < 4.78 is 12.6. The van der Waals surface area contributed by atoms with Crippen molar-refractivity contribution in [2.45, 2.75) is 13.8 Å². The van der Waals surface area contributed by atoms with Crippen molar-refractivity contribution in [3.05, 3.63) is 76.7 Å². The van der Waals surface area contributed by atoms with Crippen LogP contribution in [0.5, 0.6) is 11.5 Å². The number of methoxy groups -OCH3 is 1. The lowest BCUT2D eigenvalue weighted by molar-refractivity contribution is 0.340. The molecule has 0 spiro atoms. The first-order chi connectivity index (χ1) is 12.1. The van der Waals surface area contributed by atoms with E-state index in [9.17, 15) is 4.79 Å². The van der Waals surface area contributed by atoms with E-state index in [1.165, 1.54) is 0 Å². The molecule has 2 aromatic carbocycles. The Balaban J connectivity index is 2.11. The molecule has 0 atom stereocenters. The van der Waals surface area contributed by atoms with Crippen molar-refractivity contribution in [3.8, 4) is 28.3 Å². The van der Waals surface area contributed by atoms with Crippen molar-refractivity contribution < 1.29 is 9.47 Å². The number of hydrogen-bond donors (Lipinski definition) is 0. The van der Waals surface area contributed by atoms with Crippen molar-refractivity contribution in [2.24, 2.45) is 0 Å². The summed E-state index contributed by atoms with van der Waals surface area (Å²) in [6, 6.07) is 16.9. The van der Waals surface area contributed by atoms with Gasteiger partial charge in [0.05, 0.1) is 19.4 Å². The molecular formula is C21H21NO3. The van der Waals surface area contributed by atoms with E-state index in [0.29, 0.717) is 6.61 Å². The average molecular weight is 335 g/mol. The number of benzene rings is 2. The molecule has 0 saturated carbocycles. The Labute approximate surface area is 147 Å². The molecular weight excluding hydrogens is 314 g/mol. The lowest BCUT2D eigenvalue weighted by Gasteiger charge is -2.14. The van der Waals surface area contributed by atoms with Gasteiger partial charge in [-0.2, -0.15) is 0 Å². The molecule has 0 aliphatic heterocycles. The fourth-order valence-corrected chi connectivity index (χ4v) is 2.87. The van der Waals surface area contributed by atoms with Crippen LogP contribution in [0.25, 0.3) is 16.8 Å². The summed E-state index contributed by atoms with van der Waals surface area (Å²) in [4.78, 5) is 12.4. The van der Waals surface area contributed by atoms with E-state index in [1.54, 1.807) is 17.7 Å². The highest BCUT2D eigenvalue weighted by Crippen LogP contribution is 2.29. The van der Waals surface area contributed by atoms with Crippen LogP contribution in [-0.4, -0.2) is 18.3 Å². The second-order valence-corrected chi connectivity index (χ2v) is 5.71. The Kier molecular flexibility index (Phi) is 4.89. The van der Waals surface area contributed by atoms with Gasteiger partial charge in [-0.25, -0.2) is 0 Å². The van der Waals surface area contributed by atoms with E-state index in [-0.39, 0.29) is 5.56 Å². The molecule has 1 heterocycles. The smallest absolute Gasteiger partial charge is 0.255 e. The summed E-state index contributed by atoms with van der Waals surface area (Å²) in [7, 11) is 1.64. The number of hydrogen-bond acceptors (Lipinski definition) is 3. The summed E-state index contributed by atoms with van der Waals surface area (Å²) in [5.41, 5.74) is 3.61. The SMILES string of the molecule is CCOc1ccc(-n2cc(-c3ccccc3OC)ccc2=O)c(C)c1. The quantitative estimate of drug-likeness (QED) is 0.701. The molecule has 4 nitrogen and oxygen atoms in total. The maximum Gasteiger partial charge on any atom is 0.255 e. The van der Waals surface area contributed by atoms with Crippen LogP contribution in [0.15, 0.2) is 65.6 Å². The van der Waals surface area contributed by atoms with Crippen LogP contribution in [0.3, 0.4) is 0 Å². The zero-order chi connectivity index (χ0) is 17.8. The standard InChI is InChI=1S/C21H21NO3/c1-4-25-17-10-11-19(15(2)13-17)22-14-16(9-12-21(22)23)18-7-5-6-8-20(18)24-3/h5-14H,4H2,1-3H3. The van der Waals surface area contributed by atoms with Gasteiger partial charge in [-0.3, -0.25) is 9.36 Å². The third-order valence-corrected chi connectivity index (χ3v) is 4.07. The Morgan fingerprint density at radius 2 is 1.84 bits per heavy atom. The minimum Gasteiger partial charge on any atom is -0.496 e. The highest BCUT2D eigenvalue weighted by molar-refractivity contribution is 5.70. The highest BCUT2D eigenvalue weighted by Gasteiger charge is 2.10. The predicted molar refractivity (Wildman–Crippen MR) is 99.9 cm³/mol. The van der Waals surface area contributed by atoms with Gasteiger partial charge in [0.25, 0.3) is 5.56 Å². The van der Waals surface area contributed by atoms with Gasteiger partial charge in [-0.05, 0) is 49.7 Å². The molecule has 0 saturated heterocycles. The molecule has 0 amide bonds. The Morgan fingerprint density at radius 3 is 2.56 bits per heavy atom. The monoisotopic (exact) mass is 335 g/mol. The largest absolute Gasteiger partial charge is 0.496 e. The second kappa shape index (κ2) is 7.26. The molecule has 3 aromatic rings. The van der Waals surface area contributed by atoms with Gasteiger partial charge in [0, 0.05) is 23.4 Å². The molecule has 0 N–H and O–H groups in total. The number of rotatable bonds is 5. The minimum atomic E-state index is -0.0779. The van der Waals surface area contributed by atoms with Gasteiger partial charge in [0.1, 0.15) is 11.5 Å². The number of aromatic nitrogens is 1. The van der Waals surface area contributed by atoms with Crippen LogP contribution in [0.2, 0.25) is 0 Å². The normalized spacial score (nSPS) is 10.5. The number of nitrogens with zero attached hydrogens (tertiary/aromatic N) is 1. The maximum absolute atomic E-state index is 12.4. The van der Waals surface area contributed by atoms with Crippen LogP contribution in [0, 0.1) is 6.92 Å². The first-order valence-electron chi connectivity index (χ1n) is 8.24. The van der Waals surface area contributed by atoms with Crippen LogP contribution in [0.1, 0.15) is 12.5 Å². The van der Waals surface area contributed by atoms with Crippen molar-refractivity contribution >= 4 is 0 Å². The first kappa shape index (κ1) is 16.8. The fraction of sp³-hybridized carbons (Fsp3) is 0.190. The highest BCUT2D eigenvalue weighted by atomic mass is 16.5. The van der Waals surface area contributed by atoms with Crippen molar-refractivity contribution in [1.29, 1.82) is 0 Å². The Bertz CT molecular complexity index is 944. The number of para-hydroxylation sites is 1. The van der Waals surface area contributed by atoms with E-state index < -0.39 is 0 Å². The van der Waals surface area contributed by atoms with Crippen LogP contribution in [0.4, 0.5) is 0 Å². The van der Waals surface area contributed by atoms with Gasteiger partial charge >= 0.3 is 0 Å². The molecule has 0 aliphatic carbocycles. The van der Waals surface area contributed by atoms with Crippen molar-refractivity contribution in [3.63, 3.8) is 0 Å². The average Bonchev–Trinajstić information content (AvgIpc) is 2.63. The summed E-state index contributed by atoms with van der Waals surface area (Å²) in [5, 5.41) is 0. The molecule has 1 aromatic heterocycles. The van der Waals surface area contributed by atoms with Gasteiger partial charge in [0.2, 0.25) is 0 Å². The molecule has 0 radical (unpaired) electrons. The molecule has 0 aliphatic rings. The molecule has 0 unspecified atom stereocenters. The zero-order valence-electron chi connectivity index (χ0n) is 14.7. The summed E-state index contributed by atoms with van der Waals surface area (Å²) in [6.45, 7) is 4.53. The van der Waals surface area contributed by atoms with Crippen molar-refractivity contribution in [2.75, 3.05) is 13.7 Å². The predicted octanol–water partition coefficient (Wildman–Crippen LogP) is 4.22. The van der Waals surface area contributed by atoms with Crippen LogP contribution < -0.4 is 15.0 Å². The molecule has 4 heteroatoms. The zero-order valence-corrected chi connectivity index (χ0v) is 14.7. The third kappa shape index (κ3) is 3.43. The van der Waals surface area contributed by atoms with Crippen molar-refractivity contribution in [1.82, 2.24) is 4.57 Å². The summed E-state index contributed by atoms with van der Waals surface area (Å²) in [6.07, 6.45) is 1.85. The first-order valence-corrected chi connectivity index (χ1v) is 8.24. The minimum absolute atomic E-state index is 0.0779. The maximum atomic E-state index is 12.4. The molecule has 0 fully saturated rings. The molecule has 128 valence electrons. The topological polar surface area (TPSA) is 40.5 Å². The van der Waals surface area contributed by atoms with Crippen LogP contribution in [-0.2, 0) is 0 Å². The van der Waals surface area contributed by atoms with Gasteiger partial charge < -0.3 is 9.47 Å². The van der Waals surface area contributed by atoms with E-state index >= 15 is 0 Å². The lowest BCUT2D eigenvalue weighted by Crippen LogP contribution is -2.17. The number of pyridine rings is 1. The Hall–Kier alpha value is -3.01. The Morgan fingerprint density at radius 1 is 1.04 bits per heavy atom. The molecule has 3 rings (SSSR count). The molecule has 0 bridgehead atoms. The van der Waals surface area contributed by atoms with Gasteiger partial charge in [-0.1, -0.05) is 18.2 Å². The number of aryl methyl sites for hydroxylation is 1. The summed E-state index contributed by atoms with van der Waals surface area (Å²) in [5.74, 6) is 1.58. The van der Waals surface area contributed by atoms with E-state index in [4.69, 9.17) is 9.47 Å². The van der Waals surface area contributed by atoms with E-state index in [1.807, 2.05) is 68.6 Å². The van der Waals surface area contributed by atoms with E-state index in [2.05, 4.69) is 0 Å². The summed E-state index contributed by atoms with van der Waals surface area (Å²) >= 11 is 0. The lowest BCUT2D eigenvalue weighted by atomic mass is 10.1. The van der Waals surface area contributed by atoms with E-state index in [0.717, 1.165) is 33.9 Å². The van der Waals surface area contributed by atoms with Gasteiger partial charge in [-0.15, -0.1) is 0 Å².